The molecule has 1 aliphatic rings. The number of nitrogens with one attached hydrogen (secondary N) is 1. The monoisotopic (exact) mass is 275 g/mol. The first-order valence-corrected chi connectivity index (χ1v) is 6.81. The standard InChI is InChI=1S/C15H18FN3O/c16-14-7-10(8-17)1-2-12(14)9-19-13-5-3-11(4-6-13)15(18)20/h1-2,7,11,13,19H,3-6,9H2,(H2,18,20). The van der Waals surface area contributed by atoms with Crippen LogP contribution in [0.4, 0.5) is 4.39 Å². The average Bonchev–Trinajstić information content (AvgIpc) is 2.46. The van der Waals surface area contributed by atoms with Gasteiger partial charge in [-0.3, -0.25) is 4.79 Å². The molecule has 2 rings (SSSR count). The quantitative estimate of drug-likeness (QED) is 0.880. The van der Waals surface area contributed by atoms with Crippen molar-refractivity contribution in [1.29, 1.82) is 5.26 Å². The highest BCUT2D eigenvalue weighted by molar-refractivity contribution is 5.76. The van der Waals surface area contributed by atoms with E-state index < -0.39 is 0 Å². The molecule has 0 atom stereocenters. The van der Waals surface area contributed by atoms with Gasteiger partial charge in [0.1, 0.15) is 5.82 Å². The predicted molar refractivity (Wildman–Crippen MR) is 72.9 cm³/mol. The van der Waals surface area contributed by atoms with Crippen molar-refractivity contribution in [2.75, 3.05) is 0 Å². The van der Waals surface area contributed by atoms with Crippen LogP contribution in [0.3, 0.4) is 0 Å². The maximum atomic E-state index is 13.7. The van der Waals surface area contributed by atoms with E-state index in [0.717, 1.165) is 25.7 Å². The van der Waals surface area contributed by atoms with Gasteiger partial charge in [0.05, 0.1) is 11.6 Å². The predicted octanol–water partition coefficient (Wildman–Crippen LogP) is 1.83. The lowest BCUT2D eigenvalue weighted by Crippen LogP contribution is -2.36. The van der Waals surface area contributed by atoms with Crippen LogP contribution in [0.15, 0.2) is 18.2 Å². The lowest BCUT2D eigenvalue weighted by atomic mass is 9.85. The summed E-state index contributed by atoms with van der Waals surface area (Å²) in [6.07, 6.45) is 3.35. The summed E-state index contributed by atoms with van der Waals surface area (Å²) in [4.78, 5) is 11.1. The van der Waals surface area contributed by atoms with Crippen molar-refractivity contribution in [3.63, 3.8) is 0 Å². The molecule has 106 valence electrons. The van der Waals surface area contributed by atoms with E-state index in [1.165, 1.54) is 6.07 Å². The average molecular weight is 275 g/mol. The van der Waals surface area contributed by atoms with Crippen LogP contribution in [0.5, 0.6) is 0 Å². The minimum atomic E-state index is -0.359. The molecule has 0 bridgehead atoms. The molecule has 1 saturated carbocycles. The second-order valence-corrected chi connectivity index (χ2v) is 5.25. The molecule has 1 amide bonds. The SMILES string of the molecule is N#Cc1ccc(CNC2CCC(C(N)=O)CC2)c(F)c1. The zero-order chi connectivity index (χ0) is 14.5. The molecule has 0 aliphatic heterocycles. The summed E-state index contributed by atoms with van der Waals surface area (Å²) in [5, 5.41) is 12.0. The fourth-order valence-corrected chi connectivity index (χ4v) is 2.60. The molecular weight excluding hydrogens is 257 g/mol. The summed E-state index contributed by atoms with van der Waals surface area (Å²) < 4.78 is 13.7. The van der Waals surface area contributed by atoms with Crippen molar-refractivity contribution in [2.45, 2.75) is 38.3 Å². The zero-order valence-electron chi connectivity index (χ0n) is 11.2. The molecule has 0 spiro atoms. The summed E-state index contributed by atoms with van der Waals surface area (Å²) in [6.45, 7) is 0.434. The van der Waals surface area contributed by atoms with Gasteiger partial charge in [-0.2, -0.15) is 5.26 Å². The molecule has 0 aromatic heterocycles. The minimum absolute atomic E-state index is 0.0142. The van der Waals surface area contributed by atoms with Gasteiger partial charge < -0.3 is 11.1 Å². The van der Waals surface area contributed by atoms with E-state index in [2.05, 4.69) is 5.32 Å². The smallest absolute Gasteiger partial charge is 0.220 e. The van der Waals surface area contributed by atoms with Crippen molar-refractivity contribution < 1.29 is 9.18 Å². The van der Waals surface area contributed by atoms with E-state index in [1.807, 2.05) is 6.07 Å². The van der Waals surface area contributed by atoms with E-state index in [4.69, 9.17) is 11.0 Å². The van der Waals surface area contributed by atoms with E-state index >= 15 is 0 Å². The van der Waals surface area contributed by atoms with Crippen LogP contribution in [-0.2, 0) is 11.3 Å². The van der Waals surface area contributed by atoms with Crippen LogP contribution >= 0.6 is 0 Å². The molecule has 4 nitrogen and oxygen atoms in total. The fraction of sp³-hybridized carbons (Fsp3) is 0.467. The van der Waals surface area contributed by atoms with Crippen molar-refractivity contribution >= 4 is 5.91 Å². The molecule has 0 heterocycles. The molecule has 0 radical (unpaired) electrons. The second kappa shape index (κ2) is 6.49. The highest BCUT2D eigenvalue weighted by atomic mass is 19.1. The number of nitrogens with two attached hydrogens (primary N) is 1. The van der Waals surface area contributed by atoms with Gasteiger partial charge in [-0.15, -0.1) is 0 Å². The summed E-state index contributed by atoms with van der Waals surface area (Å²) in [5.41, 5.74) is 6.17. The van der Waals surface area contributed by atoms with Gasteiger partial charge in [0, 0.05) is 24.1 Å². The number of benzene rings is 1. The molecule has 1 aromatic carbocycles. The maximum absolute atomic E-state index is 13.7. The maximum Gasteiger partial charge on any atom is 0.220 e. The Balaban J connectivity index is 1.85. The first-order chi connectivity index (χ1) is 9.60. The molecule has 0 saturated heterocycles. The van der Waals surface area contributed by atoms with Crippen LogP contribution in [0.25, 0.3) is 0 Å². The lowest BCUT2D eigenvalue weighted by Gasteiger charge is -2.27. The summed E-state index contributed by atoms with van der Waals surface area (Å²) in [7, 11) is 0. The number of amides is 1. The van der Waals surface area contributed by atoms with E-state index in [1.54, 1.807) is 12.1 Å². The molecule has 1 aromatic rings. The Morgan fingerprint density at radius 2 is 2.10 bits per heavy atom. The van der Waals surface area contributed by atoms with Crippen LogP contribution in [0.1, 0.15) is 36.8 Å². The topological polar surface area (TPSA) is 78.9 Å². The van der Waals surface area contributed by atoms with Crippen molar-refractivity contribution in [1.82, 2.24) is 5.32 Å². The fourth-order valence-electron chi connectivity index (χ4n) is 2.60. The number of primary amides is 1. The summed E-state index contributed by atoms with van der Waals surface area (Å²) >= 11 is 0. The van der Waals surface area contributed by atoms with Crippen LogP contribution < -0.4 is 11.1 Å². The largest absolute Gasteiger partial charge is 0.369 e. The third kappa shape index (κ3) is 3.55. The molecular formula is C15H18FN3O. The molecule has 1 fully saturated rings. The van der Waals surface area contributed by atoms with E-state index in [9.17, 15) is 9.18 Å². The molecule has 5 heteroatoms. The Labute approximate surface area is 117 Å². The third-order valence-corrected chi connectivity index (χ3v) is 3.89. The number of hydrogen-bond acceptors (Lipinski definition) is 3. The van der Waals surface area contributed by atoms with Gasteiger partial charge in [-0.1, -0.05) is 6.07 Å². The van der Waals surface area contributed by atoms with Crippen LogP contribution in [-0.4, -0.2) is 11.9 Å². The van der Waals surface area contributed by atoms with Gasteiger partial charge in [0.2, 0.25) is 5.91 Å². The van der Waals surface area contributed by atoms with Crippen LogP contribution in [0, 0.1) is 23.1 Å². The minimum Gasteiger partial charge on any atom is -0.369 e. The summed E-state index contributed by atoms with van der Waals surface area (Å²) in [6, 6.07) is 6.71. The first kappa shape index (κ1) is 14.5. The Bertz CT molecular complexity index is 530. The third-order valence-electron chi connectivity index (χ3n) is 3.89. The molecule has 3 N–H and O–H groups in total. The van der Waals surface area contributed by atoms with Crippen molar-refractivity contribution in [3.05, 3.63) is 35.1 Å². The van der Waals surface area contributed by atoms with Gasteiger partial charge in [0.25, 0.3) is 0 Å². The molecule has 20 heavy (non-hydrogen) atoms. The van der Waals surface area contributed by atoms with Crippen molar-refractivity contribution in [2.24, 2.45) is 11.7 Å². The number of halogens is 1. The van der Waals surface area contributed by atoms with Gasteiger partial charge in [0.15, 0.2) is 0 Å². The van der Waals surface area contributed by atoms with Crippen LogP contribution in [0.2, 0.25) is 0 Å². The number of nitriles is 1. The lowest BCUT2D eigenvalue weighted by molar-refractivity contribution is -0.122. The van der Waals surface area contributed by atoms with Gasteiger partial charge in [-0.05, 0) is 37.8 Å². The molecule has 0 unspecified atom stereocenters. The van der Waals surface area contributed by atoms with E-state index in [-0.39, 0.29) is 17.6 Å². The Kier molecular flexibility index (Phi) is 4.70. The van der Waals surface area contributed by atoms with Crippen molar-refractivity contribution in [3.8, 4) is 6.07 Å². The molecule has 1 aliphatic carbocycles. The number of nitrogens with zero attached hydrogens (tertiary/aromatic N) is 1. The number of hydrogen-bond donors (Lipinski definition) is 2. The Morgan fingerprint density at radius 1 is 1.40 bits per heavy atom. The number of carbonyl (C=O) groups excluding carboxylic acids is 1. The number of carbonyl (C=O) groups is 1. The highest BCUT2D eigenvalue weighted by Crippen LogP contribution is 2.24. The summed E-state index contributed by atoms with van der Waals surface area (Å²) in [5.74, 6) is -0.594. The highest BCUT2D eigenvalue weighted by Gasteiger charge is 2.24. The first-order valence-electron chi connectivity index (χ1n) is 6.81. The van der Waals surface area contributed by atoms with Gasteiger partial charge in [-0.25, -0.2) is 4.39 Å². The number of rotatable bonds is 4. The van der Waals surface area contributed by atoms with E-state index in [0.29, 0.717) is 23.7 Å². The normalized spacial score (nSPS) is 22.2. The second-order valence-electron chi connectivity index (χ2n) is 5.25. The van der Waals surface area contributed by atoms with Gasteiger partial charge >= 0.3 is 0 Å². The Hall–Kier alpha value is -1.93. The Morgan fingerprint density at radius 3 is 2.65 bits per heavy atom. The zero-order valence-corrected chi connectivity index (χ0v) is 11.2.